The third kappa shape index (κ3) is 6.51. The first-order chi connectivity index (χ1) is 10.9. The molecule has 1 aromatic rings. The van der Waals surface area contributed by atoms with Crippen molar-refractivity contribution in [3.63, 3.8) is 0 Å². The van der Waals surface area contributed by atoms with Crippen LogP contribution in [0.2, 0.25) is 0 Å². The van der Waals surface area contributed by atoms with E-state index in [1.165, 1.54) is 18.2 Å². The smallest absolute Gasteiger partial charge is 0.428 e. The molecule has 1 N–H and O–H groups in total. The summed E-state index contributed by atoms with van der Waals surface area (Å²) in [6.07, 6.45) is -8.28. The Hall–Kier alpha value is -1.27. The Kier molecular flexibility index (Phi) is 10.1. The van der Waals surface area contributed by atoms with E-state index in [9.17, 15) is 17.6 Å². The molecule has 0 bridgehead atoms. The van der Waals surface area contributed by atoms with E-state index in [0.29, 0.717) is 18.7 Å². The summed E-state index contributed by atoms with van der Waals surface area (Å²) in [4.78, 5) is 2.06. The van der Waals surface area contributed by atoms with Crippen molar-refractivity contribution in [2.24, 2.45) is 0 Å². The molecule has 0 aliphatic carbocycles. The summed E-state index contributed by atoms with van der Waals surface area (Å²) in [7, 11) is 0. The Morgan fingerprint density at radius 1 is 1.24 bits per heavy atom. The predicted molar refractivity (Wildman–Crippen MR) is 89.9 cm³/mol. The summed E-state index contributed by atoms with van der Waals surface area (Å²) in [5, 5.41) is 12.2. The van der Waals surface area contributed by atoms with Crippen LogP contribution in [0.3, 0.4) is 0 Å². The minimum atomic E-state index is -4.54. The van der Waals surface area contributed by atoms with E-state index in [-0.39, 0.29) is 43.0 Å². The van der Waals surface area contributed by atoms with Gasteiger partial charge in [0.15, 0.2) is 0 Å². The summed E-state index contributed by atoms with van der Waals surface area (Å²) in [5.74, 6) is -0.342. The van der Waals surface area contributed by atoms with Crippen LogP contribution in [0.25, 0.3) is 0 Å². The van der Waals surface area contributed by atoms with Gasteiger partial charge in [0, 0.05) is 32.2 Å². The van der Waals surface area contributed by atoms with Crippen molar-refractivity contribution in [2.45, 2.75) is 25.0 Å². The molecule has 0 radical (unpaired) electrons. The molecule has 142 valence electrons. The third-order valence-electron chi connectivity index (χ3n) is 3.63. The van der Waals surface area contributed by atoms with Crippen molar-refractivity contribution < 1.29 is 22.3 Å². The molecule has 1 aliphatic rings. The Balaban J connectivity index is 0.00000288. The molecule has 0 aromatic heterocycles. The highest BCUT2D eigenvalue weighted by Gasteiger charge is 2.44. The van der Waals surface area contributed by atoms with Crippen LogP contribution in [-0.4, -0.2) is 43.6 Å². The molecule has 1 heterocycles. The molecule has 25 heavy (non-hydrogen) atoms. The van der Waals surface area contributed by atoms with Gasteiger partial charge in [0.25, 0.3) is 0 Å². The largest absolute Gasteiger partial charge is 0.461 e. The lowest BCUT2D eigenvalue weighted by molar-refractivity contribution is -0.253. The lowest BCUT2D eigenvalue weighted by Gasteiger charge is -2.34. The van der Waals surface area contributed by atoms with Gasteiger partial charge in [-0.3, -0.25) is 4.90 Å². The molecule has 0 spiro atoms. The molecule has 0 unspecified atom stereocenters. The van der Waals surface area contributed by atoms with Crippen LogP contribution >= 0.6 is 24.8 Å². The number of halogens is 6. The molecule has 1 aromatic carbocycles. The van der Waals surface area contributed by atoms with Crippen molar-refractivity contribution in [1.29, 1.82) is 5.26 Å². The zero-order chi connectivity index (χ0) is 16.9. The highest BCUT2D eigenvalue weighted by Crippen LogP contribution is 2.31. The van der Waals surface area contributed by atoms with E-state index in [2.05, 4.69) is 21.0 Å². The zero-order valence-corrected chi connectivity index (χ0v) is 14.8. The van der Waals surface area contributed by atoms with Gasteiger partial charge >= 0.3 is 12.5 Å². The number of nitrogens with zero attached hydrogens (tertiary/aromatic N) is 2. The standard InChI is InChI=1S/C15H17F4N3O.2ClH/c16-14(17)15(18,19)23-12-3-1-2-11(10-12)13(4-5-20)22-8-6-21-7-9-22;;/h1-3,10,13-14,21H,4,6-9H2;2*1H/t13-;;/m0../s1. The molecule has 2 rings (SSSR count). The van der Waals surface area contributed by atoms with Crippen LogP contribution in [0, 0.1) is 11.3 Å². The average molecular weight is 404 g/mol. The summed E-state index contributed by atoms with van der Waals surface area (Å²) in [6, 6.07) is 7.41. The van der Waals surface area contributed by atoms with Crippen LogP contribution in [-0.2, 0) is 0 Å². The monoisotopic (exact) mass is 403 g/mol. The van der Waals surface area contributed by atoms with Gasteiger partial charge in [-0.05, 0) is 17.7 Å². The van der Waals surface area contributed by atoms with Gasteiger partial charge in [0.2, 0.25) is 0 Å². The number of ether oxygens (including phenoxy) is 1. The second-order valence-corrected chi connectivity index (χ2v) is 5.20. The zero-order valence-electron chi connectivity index (χ0n) is 13.1. The molecular formula is C15H19Cl2F4N3O. The lowest BCUT2D eigenvalue weighted by atomic mass is 10.0. The van der Waals surface area contributed by atoms with Gasteiger partial charge in [0.1, 0.15) is 5.75 Å². The molecule has 4 nitrogen and oxygen atoms in total. The first-order valence-electron chi connectivity index (χ1n) is 7.20. The van der Waals surface area contributed by atoms with Crippen molar-refractivity contribution >= 4 is 24.8 Å². The number of hydrogen-bond acceptors (Lipinski definition) is 4. The normalized spacial score (nSPS) is 16.3. The van der Waals surface area contributed by atoms with Crippen molar-refractivity contribution in [3.05, 3.63) is 29.8 Å². The highest BCUT2D eigenvalue weighted by molar-refractivity contribution is 5.85. The molecule has 1 atom stereocenters. The highest BCUT2D eigenvalue weighted by atomic mass is 35.5. The van der Waals surface area contributed by atoms with E-state index in [1.807, 2.05) is 0 Å². The SMILES string of the molecule is Cl.Cl.N#CC[C@@H](c1cccc(OC(F)(F)C(F)F)c1)N1CCNCC1. The molecule has 1 fully saturated rings. The fourth-order valence-electron chi connectivity index (χ4n) is 2.53. The van der Waals surface area contributed by atoms with Gasteiger partial charge in [-0.25, -0.2) is 0 Å². The van der Waals surface area contributed by atoms with Gasteiger partial charge in [0.05, 0.1) is 12.5 Å². The minimum absolute atomic E-state index is 0. The molecule has 1 aliphatic heterocycles. The Bertz CT molecular complexity index is 566. The number of benzene rings is 1. The average Bonchev–Trinajstić information content (AvgIpc) is 2.53. The predicted octanol–water partition coefficient (Wildman–Crippen LogP) is 3.63. The first kappa shape index (κ1) is 23.7. The van der Waals surface area contributed by atoms with Crippen molar-refractivity contribution in [2.75, 3.05) is 26.2 Å². The number of alkyl halides is 4. The molecular weight excluding hydrogens is 385 g/mol. The van der Waals surface area contributed by atoms with E-state index >= 15 is 0 Å². The summed E-state index contributed by atoms with van der Waals surface area (Å²) in [6.45, 7) is 2.96. The van der Waals surface area contributed by atoms with Gasteiger partial charge in [-0.1, -0.05) is 12.1 Å². The Labute approximate surface area is 155 Å². The first-order valence-corrected chi connectivity index (χ1v) is 7.20. The van der Waals surface area contributed by atoms with E-state index in [4.69, 9.17) is 5.26 Å². The van der Waals surface area contributed by atoms with Gasteiger partial charge < -0.3 is 10.1 Å². The maximum atomic E-state index is 13.0. The number of nitrogens with one attached hydrogen (secondary N) is 1. The number of nitriles is 1. The van der Waals surface area contributed by atoms with Crippen LogP contribution in [0.1, 0.15) is 18.0 Å². The van der Waals surface area contributed by atoms with E-state index in [1.54, 1.807) is 6.07 Å². The molecule has 0 amide bonds. The van der Waals surface area contributed by atoms with E-state index < -0.39 is 12.5 Å². The number of hydrogen-bond donors (Lipinski definition) is 1. The van der Waals surface area contributed by atoms with Crippen LogP contribution in [0.4, 0.5) is 17.6 Å². The maximum Gasteiger partial charge on any atom is 0.461 e. The van der Waals surface area contributed by atoms with Crippen LogP contribution in [0.5, 0.6) is 5.75 Å². The fourth-order valence-corrected chi connectivity index (χ4v) is 2.53. The Morgan fingerprint density at radius 3 is 2.44 bits per heavy atom. The van der Waals surface area contributed by atoms with Crippen LogP contribution in [0.15, 0.2) is 24.3 Å². The van der Waals surface area contributed by atoms with Crippen molar-refractivity contribution in [1.82, 2.24) is 10.2 Å². The Morgan fingerprint density at radius 2 is 1.88 bits per heavy atom. The summed E-state index contributed by atoms with van der Waals surface area (Å²) >= 11 is 0. The summed E-state index contributed by atoms with van der Waals surface area (Å²) in [5.41, 5.74) is 0.594. The molecule has 10 heteroatoms. The second-order valence-electron chi connectivity index (χ2n) is 5.20. The molecule has 1 saturated heterocycles. The summed E-state index contributed by atoms with van der Waals surface area (Å²) < 4.78 is 54.6. The second kappa shape index (κ2) is 10.7. The fraction of sp³-hybridized carbons (Fsp3) is 0.533. The minimum Gasteiger partial charge on any atom is -0.428 e. The quantitative estimate of drug-likeness (QED) is 0.736. The number of rotatable bonds is 6. The van der Waals surface area contributed by atoms with E-state index in [0.717, 1.165) is 13.1 Å². The van der Waals surface area contributed by atoms with Crippen molar-refractivity contribution in [3.8, 4) is 11.8 Å². The lowest BCUT2D eigenvalue weighted by Crippen LogP contribution is -2.45. The van der Waals surface area contributed by atoms with Gasteiger partial charge in [-0.2, -0.15) is 22.8 Å². The van der Waals surface area contributed by atoms with Crippen LogP contribution < -0.4 is 10.1 Å². The maximum absolute atomic E-state index is 13.0. The topological polar surface area (TPSA) is 48.3 Å². The third-order valence-corrected chi connectivity index (χ3v) is 3.63. The molecule has 0 saturated carbocycles. The van der Waals surface area contributed by atoms with Gasteiger partial charge in [-0.15, -0.1) is 24.8 Å². The number of piperazine rings is 1.